The summed E-state index contributed by atoms with van der Waals surface area (Å²) >= 11 is 0. The van der Waals surface area contributed by atoms with Gasteiger partial charge in [0.2, 0.25) is 0 Å². The zero-order valence-electron chi connectivity index (χ0n) is 12.3. The fraction of sp³-hybridized carbons (Fsp3) is 0.235. The topological polar surface area (TPSA) is 57.1 Å². The number of nitrogens with one attached hydrogen (secondary N) is 1. The molecule has 0 bridgehead atoms. The number of anilines is 2. The number of benzene rings is 2. The van der Waals surface area contributed by atoms with Crippen molar-refractivity contribution in [2.75, 3.05) is 36.6 Å². The highest BCUT2D eigenvalue weighted by molar-refractivity contribution is 5.85. The van der Waals surface area contributed by atoms with Crippen LogP contribution in [0.25, 0.3) is 0 Å². The molecule has 0 amide bonds. The maximum Gasteiger partial charge on any atom is 0.126 e. The van der Waals surface area contributed by atoms with Crippen molar-refractivity contribution in [3.63, 3.8) is 0 Å². The lowest BCUT2D eigenvalue weighted by molar-refractivity contribution is 0.122. The van der Waals surface area contributed by atoms with Gasteiger partial charge in [-0.1, -0.05) is 18.2 Å². The second-order valence-electron chi connectivity index (χ2n) is 5.08. The fourth-order valence-electron chi connectivity index (χ4n) is 2.35. The number of morpholine rings is 1. The van der Waals surface area contributed by atoms with Crippen LogP contribution in [-0.2, 0) is 4.74 Å². The van der Waals surface area contributed by atoms with Gasteiger partial charge >= 0.3 is 0 Å². The number of phenolic OH excluding ortho intramolecular Hbond substituents is 1. The third-order valence-corrected chi connectivity index (χ3v) is 3.56. The van der Waals surface area contributed by atoms with Crippen LogP contribution in [0.2, 0.25) is 0 Å². The highest BCUT2D eigenvalue weighted by Crippen LogP contribution is 2.24. The molecule has 0 aromatic heterocycles. The number of phenols is 1. The molecule has 114 valence electrons. The molecule has 0 atom stereocenters. The summed E-state index contributed by atoms with van der Waals surface area (Å²) in [5, 5.41) is 14.3. The number of para-hydroxylation sites is 1. The minimum atomic E-state index is 0.225. The van der Waals surface area contributed by atoms with E-state index in [0.29, 0.717) is 5.56 Å². The molecule has 3 rings (SSSR count). The first kappa shape index (κ1) is 14.4. The van der Waals surface area contributed by atoms with Crippen molar-refractivity contribution in [2.24, 2.45) is 5.10 Å². The molecule has 2 N–H and O–H groups in total. The maximum absolute atomic E-state index is 10.1. The van der Waals surface area contributed by atoms with Crippen LogP contribution in [0.1, 0.15) is 5.56 Å². The van der Waals surface area contributed by atoms with Gasteiger partial charge in [0.1, 0.15) is 5.75 Å². The maximum atomic E-state index is 10.1. The number of hydrogen-bond donors (Lipinski definition) is 2. The van der Waals surface area contributed by atoms with Gasteiger partial charge in [-0.25, -0.2) is 0 Å². The van der Waals surface area contributed by atoms with E-state index < -0.39 is 0 Å². The van der Waals surface area contributed by atoms with E-state index in [-0.39, 0.29) is 5.75 Å². The molecule has 0 spiro atoms. The molecule has 1 fully saturated rings. The van der Waals surface area contributed by atoms with Crippen LogP contribution < -0.4 is 10.3 Å². The highest BCUT2D eigenvalue weighted by atomic mass is 16.5. The first-order valence-corrected chi connectivity index (χ1v) is 7.33. The third-order valence-electron chi connectivity index (χ3n) is 3.56. The minimum absolute atomic E-state index is 0.225. The number of rotatable bonds is 4. The molecule has 1 aliphatic rings. The van der Waals surface area contributed by atoms with Gasteiger partial charge in [0.25, 0.3) is 0 Å². The normalized spacial score (nSPS) is 15.2. The molecule has 2 aromatic rings. The smallest absolute Gasteiger partial charge is 0.126 e. The Balaban J connectivity index is 1.66. The van der Waals surface area contributed by atoms with E-state index in [1.54, 1.807) is 12.3 Å². The largest absolute Gasteiger partial charge is 0.507 e. The summed E-state index contributed by atoms with van der Waals surface area (Å²) in [6, 6.07) is 15.3. The van der Waals surface area contributed by atoms with Crippen molar-refractivity contribution in [1.29, 1.82) is 0 Å². The molecule has 5 heteroatoms. The predicted octanol–water partition coefficient (Wildman–Crippen LogP) is 2.67. The SMILES string of the molecule is Oc1cc(N2CCOCC2)ccc1C=NNc1ccccc1. The van der Waals surface area contributed by atoms with Crippen LogP contribution >= 0.6 is 0 Å². The summed E-state index contributed by atoms with van der Waals surface area (Å²) in [4.78, 5) is 2.20. The van der Waals surface area contributed by atoms with E-state index in [9.17, 15) is 5.11 Å². The molecule has 2 aromatic carbocycles. The van der Waals surface area contributed by atoms with E-state index in [1.807, 2.05) is 42.5 Å². The van der Waals surface area contributed by atoms with Crippen LogP contribution in [0.3, 0.4) is 0 Å². The summed E-state index contributed by atoms with van der Waals surface area (Å²) in [6.45, 7) is 3.15. The van der Waals surface area contributed by atoms with Crippen molar-refractivity contribution >= 4 is 17.6 Å². The summed E-state index contributed by atoms with van der Waals surface area (Å²) in [7, 11) is 0. The number of nitrogens with zero attached hydrogens (tertiary/aromatic N) is 2. The van der Waals surface area contributed by atoms with Crippen LogP contribution in [-0.4, -0.2) is 37.6 Å². The molecule has 1 saturated heterocycles. The summed E-state index contributed by atoms with van der Waals surface area (Å²) in [5.41, 5.74) is 5.52. The van der Waals surface area contributed by atoms with E-state index in [0.717, 1.165) is 37.7 Å². The fourth-order valence-corrected chi connectivity index (χ4v) is 2.35. The lowest BCUT2D eigenvalue weighted by Crippen LogP contribution is -2.36. The Kier molecular flexibility index (Phi) is 4.56. The molecular formula is C17H19N3O2. The van der Waals surface area contributed by atoms with Crippen LogP contribution in [0.4, 0.5) is 11.4 Å². The van der Waals surface area contributed by atoms with Gasteiger partial charge in [0.05, 0.1) is 25.1 Å². The van der Waals surface area contributed by atoms with Crippen molar-refractivity contribution in [3.8, 4) is 5.75 Å². The van der Waals surface area contributed by atoms with Gasteiger partial charge < -0.3 is 14.7 Å². The molecule has 5 nitrogen and oxygen atoms in total. The van der Waals surface area contributed by atoms with Gasteiger partial charge in [0.15, 0.2) is 0 Å². The predicted molar refractivity (Wildman–Crippen MR) is 88.8 cm³/mol. The van der Waals surface area contributed by atoms with E-state index in [2.05, 4.69) is 15.4 Å². The van der Waals surface area contributed by atoms with Crippen LogP contribution in [0, 0.1) is 0 Å². The second-order valence-corrected chi connectivity index (χ2v) is 5.08. The second kappa shape index (κ2) is 6.95. The molecule has 0 radical (unpaired) electrons. The molecule has 1 heterocycles. The van der Waals surface area contributed by atoms with Crippen molar-refractivity contribution in [1.82, 2.24) is 0 Å². The molecule has 22 heavy (non-hydrogen) atoms. The zero-order chi connectivity index (χ0) is 15.2. The molecule has 0 saturated carbocycles. The monoisotopic (exact) mass is 297 g/mol. The van der Waals surface area contributed by atoms with Crippen molar-refractivity contribution < 1.29 is 9.84 Å². The van der Waals surface area contributed by atoms with Crippen molar-refractivity contribution in [2.45, 2.75) is 0 Å². The van der Waals surface area contributed by atoms with E-state index in [1.165, 1.54) is 0 Å². The number of hydrogen-bond acceptors (Lipinski definition) is 5. The quantitative estimate of drug-likeness (QED) is 0.673. The van der Waals surface area contributed by atoms with Crippen molar-refractivity contribution in [3.05, 3.63) is 54.1 Å². The summed E-state index contributed by atoms with van der Waals surface area (Å²) in [6.07, 6.45) is 1.62. The summed E-state index contributed by atoms with van der Waals surface area (Å²) in [5.74, 6) is 0.225. The van der Waals surface area contributed by atoms with Gasteiger partial charge in [0, 0.05) is 30.4 Å². The average Bonchev–Trinajstić information content (AvgIpc) is 2.58. The van der Waals surface area contributed by atoms with Crippen LogP contribution in [0.5, 0.6) is 5.75 Å². The Morgan fingerprint density at radius 3 is 2.59 bits per heavy atom. The Morgan fingerprint density at radius 1 is 1.09 bits per heavy atom. The first-order chi connectivity index (χ1) is 10.8. The lowest BCUT2D eigenvalue weighted by Gasteiger charge is -2.29. The number of ether oxygens (including phenoxy) is 1. The van der Waals surface area contributed by atoms with Gasteiger partial charge in [-0.3, -0.25) is 5.43 Å². The standard InChI is InChI=1S/C17H19N3O2/c21-17-12-16(20-8-10-22-11-9-20)7-6-14(17)13-18-19-15-4-2-1-3-5-15/h1-7,12-13,19,21H,8-11H2. The lowest BCUT2D eigenvalue weighted by atomic mass is 10.2. The Morgan fingerprint density at radius 2 is 1.86 bits per heavy atom. The zero-order valence-corrected chi connectivity index (χ0v) is 12.3. The average molecular weight is 297 g/mol. The molecule has 1 aliphatic heterocycles. The van der Waals surface area contributed by atoms with E-state index in [4.69, 9.17) is 4.74 Å². The van der Waals surface area contributed by atoms with Gasteiger partial charge in [-0.15, -0.1) is 0 Å². The molecular weight excluding hydrogens is 278 g/mol. The summed E-state index contributed by atoms with van der Waals surface area (Å²) < 4.78 is 5.34. The van der Waals surface area contributed by atoms with Gasteiger partial charge in [-0.2, -0.15) is 5.10 Å². The first-order valence-electron chi connectivity index (χ1n) is 7.33. The minimum Gasteiger partial charge on any atom is -0.507 e. The number of aromatic hydroxyl groups is 1. The Hall–Kier alpha value is -2.53. The number of hydrazone groups is 1. The van der Waals surface area contributed by atoms with Gasteiger partial charge in [-0.05, 0) is 24.3 Å². The molecule has 0 aliphatic carbocycles. The molecule has 0 unspecified atom stereocenters. The Bertz CT molecular complexity index is 638. The third kappa shape index (κ3) is 3.56. The van der Waals surface area contributed by atoms with E-state index >= 15 is 0 Å². The highest BCUT2D eigenvalue weighted by Gasteiger charge is 2.12. The van der Waals surface area contributed by atoms with Crippen LogP contribution in [0.15, 0.2) is 53.6 Å². The Labute approximate surface area is 129 Å².